The van der Waals surface area contributed by atoms with Gasteiger partial charge >= 0.3 is 5.69 Å². The predicted octanol–water partition coefficient (Wildman–Crippen LogP) is 3.88. The van der Waals surface area contributed by atoms with Crippen molar-refractivity contribution in [1.29, 1.82) is 0 Å². The number of nitro groups is 1. The molecule has 0 aromatic carbocycles. The number of anilines is 1. The molecular formula is C13H18ClN3O2. The van der Waals surface area contributed by atoms with E-state index in [-0.39, 0.29) is 22.7 Å². The highest BCUT2D eigenvalue weighted by molar-refractivity contribution is 6.29. The molecule has 0 radical (unpaired) electrons. The van der Waals surface area contributed by atoms with Crippen molar-refractivity contribution in [2.24, 2.45) is 11.8 Å². The number of hydrogen-bond donors (Lipinski definition) is 1. The number of nitrogens with one attached hydrogen (secondary N) is 1. The van der Waals surface area contributed by atoms with Crippen molar-refractivity contribution >= 4 is 23.1 Å². The van der Waals surface area contributed by atoms with Crippen LogP contribution in [0.5, 0.6) is 0 Å². The molecular weight excluding hydrogens is 266 g/mol. The molecule has 104 valence electrons. The molecule has 1 heterocycles. The van der Waals surface area contributed by atoms with Crippen molar-refractivity contribution in [3.63, 3.8) is 0 Å². The lowest BCUT2D eigenvalue weighted by Gasteiger charge is -2.33. The second-order valence-corrected chi connectivity index (χ2v) is 5.79. The minimum absolute atomic E-state index is 0.0183. The third-order valence-electron chi connectivity index (χ3n) is 3.79. The van der Waals surface area contributed by atoms with Crippen LogP contribution in [0.3, 0.4) is 0 Å². The van der Waals surface area contributed by atoms with Gasteiger partial charge in [0, 0.05) is 12.1 Å². The molecule has 1 aromatic heterocycles. The molecule has 0 spiro atoms. The fraction of sp³-hybridized carbons (Fsp3) is 0.615. The smallest absolute Gasteiger partial charge is 0.311 e. The minimum Gasteiger partial charge on any atom is -0.361 e. The summed E-state index contributed by atoms with van der Waals surface area (Å²) >= 11 is 5.83. The van der Waals surface area contributed by atoms with E-state index in [4.69, 9.17) is 11.6 Å². The number of rotatable bonds is 3. The van der Waals surface area contributed by atoms with E-state index in [9.17, 15) is 10.1 Å². The molecule has 1 N–H and O–H groups in total. The number of pyridine rings is 1. The third-order valence-corrected chi connectivity index (χ3v) is 4.00. The van der Waals surface area contributed by atoms with E-state index in [1.165, 1.54) is 12.1 Å². The van der Waals surface area contributed by atoms with Gasteiger partial charge in [0.15, 0.2) is 0 Å². The maximum atomic E-state index is 11.0. The van der Waals surface area contributed by atoms with Crippen LogP contribution < -0.4 is 5.32 Å². The van der Waals surface area contributed by atoms with Crippen LogP contribution in [0.1, 0.15) is 33.1 Å². The molecule has 3 unspecified atom stereocenters. The molecule has 0 aliphatic heterocycles. The fourth-order valence-electron chi connectivity index (χ4n) is 2.74. The molecule has 2 rings (SSSR count). The molecule has 0 amide bonds. The van der Waals surface area contributed by atoms with Gasteiger partial charge in [-0.1, -0.05) is 25.4 Å². The summed E-state index contributed by atoms with van der Waals surface area (Å²) in [6, 6.07) is 3.06. The lowest BCUT2D eigenvalue weighted by molar-refractivity contribution is -0.384. The predicted molar refractivity (Wildman–Crippen MR) is 75.5 cm³/mol. The first-order chi connectivity index (χ1) is 8.97. The Morgan fingerprint density at radius 1 is 1.42 bits per heavy atom. The molecule has 0 bridgehead atoms. The number of nitrogens with zero attached hydrogens (tertiary/aromatic N) is 2. The molecule has 1 aromatic rings. The van der Waals surface area contributed by atoms with Gasteiger partial charge < -0.3 is 5.32 Å². The lowest BCUT2D eigenvalue weighted by Crippen LogP contribution is -2.33. The van der Waals surface area contributed by atoms with Gasteiger partial charge in [0.2, 0.25) is 5.82 Å². The molecule has 1 aliphatic rings. The average molecular weight is 284 g/mol. The van der Waals surface area contributed by atoms with Crippen LogP contribution in [0.25, 0.3) is 0 Å². The van der Waals surface area contributed by atoms with Gasteiger partial charge in [-0.25, -0.2) is 4.98 Å². The standard InChI is InChI=1S/C13H18ClN3O2/c1-8-3-4-10(9(2)7-8)15-13-11(17(18)19)5-6-12(14)16-13/h5-6,8-10H,3-4,7H2,1-2H3,(H,15,16). The first-order valence-corrected chi connectivity index (χ1v) is 6.92. The van der Waals surface area contributed by atoms with Gasteiger partial charge in [0.25, 0.3) is 0 Å². The third kappa shape index (κ3) is 3.35. The summed E-state index contributed by atoms with van der Waals surface area (Å²) in [5, 5.41) is 14.5. The summed E-state index contributed by atoms with van der Waals surface area (Å²) in [7, 11) is 0. The van der Waals surface area contributed by atoms with Gasteiger partial charge in [-0.3, -0.25) is 10.1 Å². The Kier molecular flexibility index (Phi) is 4.24. The van der Waals surface area contributed by atoms with Crippen LogP contribution >= 0.6 is 11.6 Å². The monoisotopic (exact) mass is 283 g/mol. The van der Waals surface area contributed by atoms with Crippen molar-refractivity contribution in [3.05, 3.63) is 27.4 Å². The Labute approximate surface area is 117 Å². The highest BCUT2D eigenvalue weighted by atomic mass is 35.5. The number of hydrogen-bond acceptors (Lipinski definition) is 4. The van der Waals surface area contributed by atoms with E-state index in [0.717, 1.165) is 25.2 Å². The van der Waals surface area contributed by atoms with Gasteiger partial charge in [-0.15, -0.1) is 0 Å². The van der Waals surface area contributed by atoms with Crippen LogP contribution in [-0.2, 0) is 0 Å². The van der Waals surface area contributed by atoms with Crippen molar-refractivity contribution < 1.29 is 4.92 Å². The maximum absolute atomic E-state index is 11.0. The molecule has 5 nitrogen and oxygen atoms in total. The van der Waals surface area contributed by atoms with E-state index in [2.05, 4.69) is 24.1 Å². The number of halogens is 1. The van der Waals surface area contributed by atoms with Crippen LogP contribution in [-0.4, -0.2) is 15.9 Å². The van der Waals surface area contributed by atoms with E-state index in [0.29, 0.717) is 5.92 Å². The molecule has 3 atom stereocenters. The molecule has 1 fully saturated rings. The zero-order chi connectivity index (χ0) is 14.0. The maximum Gasteiger partial charge on any atom is 0.311 e. The molecule has 19 heavy (non-hydrogen) atoms. The van der Waals surface area contributed by atoms with Crippen molar-refractivity contribution in [2.75, 3.05) is 5.32 Å². The zero-order valence-electron chi connectivity index (χ0n) is 11.1. The normalized spacial score (nSPS) is 27.0. The Morgan fingerprint density at radius 3 is 2.79 bits per heavy atom. The summed E-state index contributed by atoms with van der Waals surface area (Å²) in [6.45, 7) is 4.41. The highest BCUT2D eigenvalue weighted by Gasteiger charge is 2.27. The summed E-state index contributed by atoms with van der Waals surface area (Å²) in [5.41, 5.74) is -0.0183. The second-order valence-electron chi connectivity index (χ2n) is 5.41. The fourth-order valence-corrected chi connectivity index (χ4v) is 2.88. The first-order valence-electron chi connectivity index (χ1n) is 6.55. The van der Waals surface area contributed by atoms with E-state index in [1.807, 2.05) is 0 Å². The average Bonchev–Trinajstić information content (AvgIpc) is 2.32. The van der Waals surface area contributed by atoms with Crippen LogP contribution in [0.2, 0.25) is 5.15 Å². The summed E-state index contributed by atoms with van der Waals surface area (Å²) in [5.74, 6) is 1.48. The minimum atomic E-state index is -0.429. The highest BCUT2D eigenvalue weighted by Crippen LogP contribution is 2.33. The van der Waals surface area contributed by atoms with Gasteiger partial charge in [0.1, 0.15) is 5.15 Å². The van der Waals surface area contributed by atoms with E-state index < -0.39 is 4.92 Å². The van der Waals surface area contributed by atoms with Crippen LogP contribution in [0, 0.1) is 22.0 Å². The van der Waals surface area contributed by atoms with Crippen molar-refractivity contribution in [2.45, 2.75) is 39.2 Å². The summed E-state index contributed by atoms with van der Waals surface area (Å²) in [6.07, 6.45) is 3.27. The van der Waals surface area contributed by atoms with Crippen LogP contribution in [0.4, 0.5) is 11.5 Å². The van der Waals surface area contributed by atoms with E-state index >= 15 is 0 Å². The Hall–Kier alpha value is -1.36. The Bertz CT molecular complexity index is 481. The van der Waals surface area contributed by atoms with E-state index in [1.54, 1.807) is 0 Å². The van der Waals surface area contributed by atoms with Crippen molar-refractivity contribution in [1.82, 2.24) is 4.98 Å². The molecule has 1 aliphatic carbocycles. The van der Waals surface area contributed by atoms with Crippen LogP contribution in [0.15, 0.2) is 12.1 Å². The van der Waals surface area contributed by atoms with Gasteiger partial charge in [-0.05, 0) is 37.2 Å². The molecule has 0 saturated heterocycles. The summed E-state index contributed by atoms with van der Waals surface area (Å²) in [4.78, 5) is 14.6. The van der Waals surface area contributed by atoms with Gasteiger partial charge in [0.05, 0.1) is 4.92 Å². The SMILES string of the molecule is CC1CCC(Nc2nc(Cl)ccc2[N+](=O)[O-])C(C)C1. The zero-order valence-corrected chi connectivity index (χ0v) is 11.9. The topological polar surface area (TPSA) is 68.1 Å². The molecule has 1 saturated carbocycles. The Balaban J connectivity index is 2.18. The largest absolute Gasteiger partial charge is 0.361 e. The summed E-state index contributed by atoms with van der Waals surface area (Å²) < 4.78 is 0. The van der Waals surface area contributed by atoms with Crippen molar-refractivity contribution in [3.8, 4) is 0 Å². The second kappa shape index (κ2) is 5.74. The van der Waals surface area contributed by atoms with Gasteiger partial charge in [-0.2, -0.15) is 0 Å². The first kappa shape index (κ1) is 14.1. The quantitative estimate of drug-likeness (QED) is 0.519. The Morgan fingerprint density at radius 2 is 2.16 bits per heavy atom. The number of aromatic nitrogens is 1. The lowest BCUT2D eigenvalue weighted by atomic mass is 9.80. The molecule has 6 heteroatoms.